The van der Waals surface area contributed by atoms with Crippen molar-refractivity contribution in [2.24, 2.45) is 28.6 Å². The van der Waals surface area contributed by atoms with E-state index < -0.39 is 6.03 Å². The first-order chi connectivity index (χ1) is 10.5. The van der Waals surface area contributed by atoms with Gasteiger partial charge in [-0.05, 0) is 43.6 Å². The Morgan fingerprint density at radius 3 is 2.59 bits per heavy atom. The average Bonchev–Trinajstić information content (AvgIpc) is 2.48. The van der Waals surface area contributed by atoms with E-state index in [4.69, 9.17) is 5.73 Å². The Bertz CT molecular complexity index is 569. The van der Waals surface area contributed by atoms with E-state index in [1.807, 2.05) is 18.2 Å². The molecular weight excluding hydrogens is 278 g/mol. The van der Waals surface area contributed by atoms with Gasteiger partial charge in [-0.3, -0.25) is 4.79 Å². The van der Waals surface area contributed by atoms with E-state index in [0.717, 1.165) is 18.6 Å². The number of nitrogens with one attached hydrogen (secondary N) is 1. The molecule has 1 aromatic rings. The summed E-state index contributed by atoms with van der Waals surface area (Å²) >= 11 is 0. The van der Waals surface area contributed by atoms with Crippen molar-refractivity contribution in [1.29, 1.82) is 0 Å². The summed E-state index contributed by atoms with van der Waals surface area (Å²) in [5, 5.41) is 4.13. The number of hydrogen-bond donors (Lipinski definition) is 2. The fourth-order valence-corrected chi connectivity index (χ4v) is 3.12. The van der Waals surface area contributed by atoms with Crippen LogP contribution in [0.4, 0.5) is 4.79 Å². The van der Waals surface area contributed by atoms with Crippen LogP contribution in [0, 0.1) is 17.8 Å². The van der Waals surface area contributed by atoms with E-state index in [1.54, 1.807) is 6.92 Å². The van der Waals surface area contributed by atoms with E-state index in [9.17, 15) is 9.59 Å². The Balaban J connectivity index is 2.18. The molecule has 22 heavy (non-hydrogen) atoms. The molecule has 0 unspecified atom stereocenters. The molecule has 0 heterocycles. The van der Waals surface area contributed by atoms with Gasteiger partial charge in [0, 0.05) is 11.6 Å². The number of primary amides is 1. The normalized spacial score (nSPS) is 26.6. The summed E-state index contributed by atoms with van der Waals surface area (Å²) in [6, 6.07) is 9.56. The van der Waals surface area contributed by atoms with Gasteiger partial charge in [-0.2, -0.15) is 5.10 Å². The number of Topliss-reactive ketones (excluding diaryl/α,β-unsaturated/α-hetero) is 1. The number of rotatable bonds is 4. The van der Waals surface area contributed by atoms with Crippen molar-refractivity contribution in [3.8, 4) is 0 Å². The van der Waals surface area contributed by atoms with Crippen molar-refractivity contribution in [3.63, 3.8) is 0 Å². The molecule has 1 aromatic carbocycles. The van der Waals surface area contributed by atoms with Gasteiger partial charge in [0.25, 0.3) is 0 Å². The first-order valence-electron chi connectivity index (χ1n) is 7.63. The molecule has 5 heteroatoms. The number of ketones is 1. The number of carbonyl (C=O) groups excluding carboxylic acids is 2. The lowest BCUT2D eigenvalue weighted by Crippen LogP contribution is -2.37. The second-order valence-corrected chi connectivity index (χ2v) is 6.07. The van der Waals surface area contributed by atoms with Crippen LogP contribution in [0.25, 0.3) is 0 Å². The van der Waals surface area contributed by atoms with Gasteiger partial charge in [0.1, 0.15) is 5.78 Å². The fourth-order valence-electron chi connectivity index (χ4n) is 3.12. The van der Waals surface area contributed by atoms with Gasteiger partial charge >= 0.3 is 6.03 Å². The summed E-state index contributed by atoms with van der Waals surface area (Å²) in [4.78, 5) is 22.7. The number of hydrogen-bond acceptors (Lipinski definition) is 3. The fraction of sp³-hybridized carbons (Fsp3) is 0.471. The van der Waals surface area contributed by atoms with E-state index in [1.165, 1.54) is 5.56 Å². The maximum atomic E-state index is 11.8. The zero-order valence-electron chi connectivity index (χ0n) is 13.1. The van der Waals surface area contributed by atoms with Crippen molar-refractivity contribution in [2.75, 3.05) is 0 Å². The van der Waals surface area contributed by atoms with Gasteiger partial charge in [0.2, 0.25) is 0 Å². The first kappa shape index (κ1) is 16.2. The van der Waals surface area contributed by atoms with Crippen LogP contribution in [0.5, 0.6) is 0 Å². The first-order valence-corrected chi connectivity index (χ1v) is 7.63. The molecule has 0 bridgehead atoms. The van der Waals surface area contributed by atoms with E-state index in [2.05, 4.69) is 29.6 Å². The number of nitrogens with two attached hydrogens (primary N) is 1. The van der Waals surface area contributed by atoms with E-state index >= 15 is 0 Å². The number of carbonyl (C=O) groups is 2. The molecule has 118 valence electrons. The number of hydrazone groups is 1. The summed E-state index contributed by atoms with van der Waals surface area (Å²) in [5.41, 5.74) is 9.50. The minimum atomic E-state index is -0.677. The molecule has 0 aromatic heterocycles. The summed E-state index contributed by atoms with van der Waals surface area (Å²) in [5.74, 6) is 0.691. The van der Waals surface area contributed by atoms with Crippen molar-refractivity contribution in [1.82, 2.24) is 5.43 Å². The summed E-state index contributed by atoms with van der Waals surface area (Å²) in [7, 11) is 0. The van der Waals surface area contributed by atoms with Gasteiger partial charge < -0.3 is 5.73 Å². The Morgan fingerprint density at radius 2 is 2.00 bits per heavy atom. The van der Waals surface area contributed by atoms with E-state index in [0.29, 0.717) is 12.3 Å². The summed E-state index contributed by atoms with van der Waals surface area (Å²) in [6.07, 6.45) is 2.37. The zero-order valence-corrected chi connectivity index (χ0v) is 13.1. The van der Waals surface area contributed by atoms with E-state index in [-0.39, 0.29) is 17.6 Å². The molecule has 1 saturated carbocycles. The monoisotopic (exact) mass is 301 g/mol. The molecule has 2 rings (SSSR count). The standard InChI is InChI=1S/C17H23N3O2/c1-11-14(8-13-6-4-3-5-7-13)9-15(12(2)21)10-16(11)19-20-17(18)22/h3-7,11,14-15H,8-10H2,1-2H3,(H3,18,20,22)/b19-16+/t11-,14-,15-/m0/s1. The highest BCUT2D eigenvalue weighted by Crippen LogP contribution is 2.34. The quantitative estimate of drug-likeness (QED) is 0.837. The Kier molecular flexibility index (Phi) is 5.31. The molecular formula is C17H23N3O2. The van der Waals surface area contributed by atoms with Gasteiger partial charge in [-0.25, -0.2) is 10.2 Å². The van der Waals surface area contributed by atoms with Gasteiger partial charge in [0.05, 0.1) is 0 Å². The molecule has 1 aliphatic rings. The van der Waals surface area contributed by atoms with Crippen LogP contribution < -0.4 is 11.2 Å². The van der Waals surface area contributed by atoms with Crippen molar-refractivity contribution in [2.45, 2.75) is 33.1 Å². The van der Waals surface area contributed by atoms with Crippen LogP contribution in [0.1, 0.15) is 32.3 Å². The second-order valence-electron chi connectivity index (χ2n) is 6.07. The molecule has 0 saturated heterocycles. The largest absolute Gasteiger partial charge is 0.350 e. The molecule has 0 radical (unpaired) electrons. The zero-order chi connectivity index (χ0) is 16.1. The number of benzene rings is 1. The molecule has 1 aliphatic carbocycles. The Morgan fingerprint density at radius 1 is 1.32 bits per heavy atom. The highest BCUT2D eigenvalue weighted by Gasteiger charge is 2.34. The third-order valence-corrected chi connectivity index (χ3v) is 4.50. The smallest absolute Gasteiger partial charge is 0.332 e. The minimum absolute atomic E-state index is 0.0293. The number of nitrogens with zero attached hydrogens (tertiary/aromatic N) is 1. The maximum absolute atomic E-state index is 11.8. The van der Waals surface area contributed by atoms with Crippen LogP contribution in [0.2, 0.25) is 0 Å². The van der Waals surface area contributed by atoms with Crippen molar-refractivity contribution in [3.05, 3.63) is 35.9 Å². The lowest BCUT2D eigenvalue weighted by atomic mass is 9.70. The Labute approximate surface area is 131 Å². The third kappa shape index (κ3) is 4.16. The van der Waals surface area contributed by atoms with Gasteiger partial charge in [0.15, 0.2) is 0 Å². The lowest BCUT2D eigenvalue weighted by Gasteiger charge is -2.34. The molecule has 0 spiro atoms. The van der Waals surface area contributed by atoms with Gasteiger partial charge in [-0.15, -0.1) is 0 Å². The minimum Gasteiger partial charge on any atom is -0.350 e. The van der Waals surface area contributed by atoms with Crippen LogP contribution in [0.15, 0.2) is 35.4 Å². The van der Waals surface area contributed by atoms with Crippen LogP contribution in [0.3, 0.4) is 0 Å². The Hall–Kier alpha value is -2.17. The second kappa shape index (κ2) is 7.20. The molecule has 5 nitrogen and oxygen atoms in total. The third-order valence-electron chi connectivity index (χ3n) is 4.50. The van der Waals surface area contributed by atoms with Crippen LogP contribution >= 0.6 is 0 Å². The van der Waals surface area contributed by atoms with Crippen molar-refractivity contribution >= 4 is 17.5 Å². The van der Waals surface area contributed by atoms with Crippen LogP contribution in [-0.2, 0) is 11.2 Å². The average molecular weight is 301 g/mol. The highest BCUT2D eigenvalue weighted by atomic mass is 16.2. The molecule has 3 atom stereocenters. The summed E-state index contributed by atoms with van der Waals surface area (Å²) in [6.45, 7) is 3.73. The number of urea groups is 1. The molecule has 1 fully saturated rings. The molecule has 3 N–H and O–H groups in total. The van der Waals surface area contributed by atoms with Crippen LogP contribution in [-0.4, -0.2) is 17.5 Å². The topological polar surface area (TPSA) is 84.6 Å². The molecule has 0 aliphatic heterocycles. The molecule has 2 amide bonds. The predicted octanol–water partition coefficient (Wildman–Crippen LogP) is 2.50. The highest BCUT2D eigenvalue weighted by molar-refractivity contribution is 5.93. The lowest BCUT2D eigenvalue weighted by molar-refractivity contribution is -0.121. The van der Waals surface area contributed by atoms with Gasteiger partial charge in [-0.1, -0.05) is 37.3 Å². The summed E-state index contributed by atoms with van der Waals surface area (Å²) < 4.78 is 0. The van der Waals surface area contributed by atoms with Crippen molar-refractivity contribution < 1.29 is 9.59 Å². The number of amides is 2. The SMILES string of the molecule is CC(=O)[C@@H]1C/C(=N\NC(N)=O)[C@@H](C)[C@@H](Cc2ccccc2)C1. The predicted molar refractivity (Wildman–Crippen MR) is 86.4 cm³/mol. The maximum Gasteiger partial charge on any atom is 0.332 e.